The van der Waals surface area contributed by atoms with Gasteiger partial charge in [-0.1, -0.05) is 387 Å². The first-order valence-corrected chi connectivity index (χ1v) is 51.0. The molecule has 0 saturated carbocycles. The highest BCUT2D eigenvalue weighted by atomic mass is 32.1. The number of furan rings is 3. The Balaban J connectivity index is 0.000000107. The maximum absolute atomic E-state index is 6.43. The van der Waals surface area contributed by atoms with E-state index in [0.717, 1.165) is 105 Å². The molecule has 5 heterocycles. The highest BCUT2D eigenvalue weighted by molar-refractivity contribution is 7.26. The topological polar surface area (TPSA) is 49.1 Å². The van der Waals surface area contributed by atoms with Crippen molar-refractivity contribution >= 4 is 180 Å². The fourth-order valence-electron chi connectivity index (χ4n) is 23.6. The second-order valence-electron chi connectivity index (χ2n) is 39.5. The summed E-state index contributed by atoms with van der Waals surface area (Å²) in [4.78, 5) is 7.37. The summed E-state index contributed by atoms with van der Waals surface area (Å²) in [6.07, 6.45) is 0. The molecule has 21 aromatic carbocycles. The summed E-state index contributed by atoms with van der Waals surface area (Å²) in [6.45, 7) is 14.1. The summed E-state index contributed by atoms with van der Waals surface area (Å²) in [6, 6.07) is 169. The molecular weight excluding hydrogens is 1780 g/mol. The van der Waals surface area contributed by atoms with Gasteiger partial charge < -0.3 is 28.0 Å². The van der Waals surface area contributed by atoms with Crippen LogP contribution in [0.1, 0.15) is 74.9 Å². The molecule has 0 fully saturated rings. The van der Waals surface area contributed by atoms with Gasteiger partial charge in [0.05, 0.1) is 44.9 Å². The van der Waals surface area contributed by atoms with Crippen LogP contribution in [0.15, 0.2) is 480 Å². The monoisotopic (exact) mass is 1870 g/mol. The third-order valence-electron chi connectivity index (χ3n) is 30.5. The minimum absolute atomic E-state index is 0.0934. The number of thiophene rings is 2. The largest absolute Gasteiger partial charge is 0.456 e. The fourth-order valence-corrected chi connectivity index (χ4v) is 26.0. The molecule has 26 aromatic rings. The van der Waals surface area contributed by atoms with E-state index in [1.165, 1.54) is 163 Å². The highest BCUT2D eigenvalue weighted by Crippen LogP contribution is 2.61. The van der Waals surface area contributed by atoms with E-state index in [1.54, 1.807) is 0 Å². The first kappa shape index (κ1) is 85.1. The molecule has 0 bridgehead atoms. The van der Waals surface area contributed by atoms with Crippen LogP contribution in [0.5, 0.6) is 0 Å². The Morgan fingerprint density at radius 2 is 0.483 bits per heavy atom. The van der Waals surface area contributed by atoms with Gasteiger partial charge in [-0.25, -0.2) is 0 Å². The van der Waals surface area contributed by atoms with E-state index in [9.17, 15) is 0 Å². The number of rotatable bonds is 13. The number of benzene rings is 21. The number of anilines is 9. The van der Waals surface area contributed by atoms with Crippen LogP contribution in [0.4, 0.5) is 51.2 Å². The molecule has 0 radical (unpaired) electrons. The van der Waals surface area contributed by atoms with E-state index < -0.39 is 0 Å². The average Bonchev–Trinajstić information content (AvgIpc) is 1.57. The van der Waals surface area contributed by atoms with Gasteiger partial charge in [0.2, 0.25) is 0 Å². The van der Waals surface area contributed by atoms with E-state index in [-0.39, 0.29) is 16.2 Å². The van der Waals surface area contributed by atoms with Gasteiger partial charge in [0.1, 0.15) is 33.5 Å². The Labute approximate surface area is 837 Å². The number of fused-ring (bicyclic) bond motifs is 24. The van der Waals surface area contributed by atoms with Crippen LogP contribution in [0.25, 0.3) is 184 Å². The molecule has 0 atom stereocenters. The molecule has 8 heteroatoms. The molecule has 5 aromatic heterocycles. The molecule has 0 N–H and O–H groups in total. The van der Waals surface area contributed by atoms with Crippen LogP contribution in [0, 0.1) is 0 Å². The summed E-state index contributed by atoms with van der Waals surface area (Å²) < 4.78 is 24.5. The Hall–Kier alpha value is -17.1. The van der Waals surface area contributed by atoms with Crippen molar-refractivity contribution in [1.29, 1.82) is 0 Å². The number of hydrogen-bond acceptors (Lipinski definition) is 8. The van der Waals surface area contributed by atoms with Gasteiger partial charge in [0.15, 0.2) is 0 Å². The van der Waals surface area contributed by atoms with Crippen molar-refractivity contribution in [3.63, 3.8) is 0 Å². The summed E-state index contributed by atoms with van der Waals surface area (Å²) in [5.74, 6) is 0. The van der Waals surface area contributed by atoms with E-state index >= 15 is 0 Å². The van der Waals surface area contributed by atoms with Crippen LogP contribution in [-0.4, -0.2) is 0 Å². The molecule has 0 spiro atoms. The van der Waals surface area contributed by atoms with Crippen molar-refractivity contribution in [3.05, 3.63) is 500 Å². The van der Waals surface area contributed by atoms with Crippen molar-refractivity contribution in [3.8, 4) is 77.9 Å². The Kier molecular flexibility index (Phi) is 20.0. The summed E-state index contributed by atoms with van der Waals surface area (Å²) in [7, 11) is 0. The molecule has 143 heavy (non-hydrogen) atoms. The third-order valence-corrected chi connectivity index (χ3v) is 32.8. The second kappa shape index (κ2) is 33.6. The van der Waals surface area contributed by atoms with Crippen LogP contribution >= 0.6 is 22.7 Å². The fraction of sp³-hybridized carbons (Fsp3) is 0.0667. The van der Waals surface area contributed by atoms with Gasteiger partial charge in [-0.3, -0.25) is 0 Å². The van der Waals surface area contributed by atoms with E-state index in [2.05, 4.69) is 499 Å². The highest BCUT2D eigenvalue weighted by Gasteiger charge is 2.42. The van der Waals surface area contributed by atoms with Crippen LogP contribution in [0.3, 0.4) is 0 Å². The molecule has 0 saturated heterocycles. The molecular formula is C135H95N3O3S2. The quantitative estimate of drug-likeness (QED) is 0.115. The zero-order chi connectivity index (χ0) is 95.5. The lowest BCUT2D eigenvalue weighted by Crippen LogP contribution is -2.16. The standard InChI is InChI=1S/2C45H31NOS.C45H33NO/c1-45(2)35-17-6-3-13-33(35)42-36(45)18-10-19-37(42)46(38-20-11-22-40-43(38)34-14-4-7-21-39(34)47-40)29-26-24-28(25-27-29)30-15-9-16-32-31-12-5-8-23-41(31)48-44(30)32;1-45(2)35-17-6-3-13-33(35)42-36(45)18-10-19-37(42)46(38-20-11-23-41-43(38)34-14-5-8-22-40(34)48-41)29-26-24-28(25-27-29)30-15-9-16-32-31-12-4-7-21-39(31)47-44(30)32;1-45(2)37-16-8-6-14-35(37)43-38(45)17-10-18-39(43)46(40-19-11-21-42-44(40)36-15-7-9-20-41(36)47-42)34-28-26-33(27-29-34)32-24-22-31(23-25-32)30-12-4-3-5-13-30/h2*3-27H,1-2H3;3-29H,1-2H3. The number of nitrogens with zero attached hydrogens (tertiary/aromatic N) is 3. The van der Waals surface area contributed by atoms with E-state index in [4.69, 9.17) is 13.3 Å². The van der Waals surface area contributed by atoms with Gasteiger partial charge in [0, 0.05) is 117 Å². The second-order valence-corrected chi connectivity index (χ2v) is 41.6. The maximum Gasteiger partial charge on any atom is 0.143 e. The molecule has 0 unspecified atom stereocenters. The maximum atomic E-state index is 6.43. The summed E-state index contributed by atoms with van der Waals surface area (Å²) in [5.41, 5.74) is 40.9. The normalized spacial score (nSPS) is 13.3. The molecule has 6 nitrogen and oxygen atoms in total. The summed E-state index contributed by atoms with van der Waals surface area (Å²) in [5, 5.41) is 12.0. The van der Waals surface area contributed by atoms with Gasteiger partial charge in [-0.15, -0.1) is 22.7 Å². The third kappa shape index (κ3) is 13.7. The minimum Gasteiger partial charge on any atom is -0.456 e. The molecule has 0 aliphatic heterocycles. The Bertz CT molecular complexity index is 9210. The van der Waals surface area contributed by atoms with Crippen molar-refractivity contribution in [2.45, 2.75) is 57.8 Å². The lowest BCUT2D eigenvalue weighted by atomic mass is 9.82. The Morgan fingerprint density at radius 3 is 0.965 bits per heavy atom. The van der Waals surface area contributed by atoms with Crippen molar-refractivity contribution in [2.24, 2.45) is 0 Å². The first-order chi connectivity index (χ1) is 70.2. The number of hydrogen-bond donors (Lipinski definition) is 0. The van der Waals surface area contributed by atoms with Gasteiger partial charge in [0.25, 0.3) is 0 Å². The average molecular weight is 1870 g/mol. The molecule has 680 valence electrons. The zero-order valence-corrected chi connectivity index (χ0v) is 81.5. The molecule has 29 rings (SSSR count). The van der Waals surface area contributed by atoms with Crippen molar-refractivity contribution in [2.75, 3.05) is 14.7 Å². The van der Waals surface area contributed by atoms with Crippen molar-refractivity contribution < 1.29 is 13.3 Å². The van der Waals surface area contributed by atoms with Crippen LogP contribution in [-0.2, 0) is 16.2 Å². The number of para-hydroxylation sites is 4. The van der Waals surface area contributed by atoms with Gasteiger partial charge in [-0.2, -0.15) is 0 Å². The molecule has 3 aliphatic carbocycles. The van der Waals surface area contributed by atoms with Crippen LogP contribution in [0.2, 0.25) is 0 Å². The van der Waals surface area contributed by atoms with E-state index in [0.29, 0.717) is 0 Å². The lowest BCUT2D eigenvalue weighted by Gasteiger charge is -2.29. The van der Waals surface area contributed by atoms with Gasteiger partial charge in [-0.05, 0) is 210 Å². The van der Waals surface area contributed by atoms with Gasteiger partial charge >= 0.3 is 0 Å². The summed E-state index contributed by atoms with van der Waals surface area (Å²) >= 11 is 3.74. The minimum atomic E-state index is -0.102. The van der Waals surface area contributed by atoms with Crippen LogP contribution < -0.4 is 14.7 Å². The first-order valence-electron chi connectivity index (χ1n) is 49.3. The van der Waals surface area contributed by atoms with E-state index in [1.807, 2.05) is 46.9 Å². The SMILES string of the molecule is CC1(C)c2ccccc2-c2c(N(c3ccc(-c4ccc(-c5ccccc5)cc4)cc3)c3cccc4oc5ccccc5c34)cccc21.CC1(C)c2ccccc2-c2c(N(c3ccc(-c4cccc5c4oc4ccccc45)cc3)c3cccc4sc5ccccc5c34)cccc21.CC1(C)c2ccccc2-c2c(N(c3ccc(-c4cccc5c4sc4ccccc45)cc3)c3cccc4oc5ccccc5c34)cccc21. The molecule has 3 aliphatic rings. The zero-order valence-electron chi connectivity index (χ0n) is 79.8. The lowest BCUT2D eigenvalue weighted by molar-refractivity contribution is 0.660. The molecule has 0 amide bonds. The Morgan fingerprint density at radius 1 is 0.182 bits per heavy atom. The van der Waals surface area contributed by atoms with Crippen molar-refractivity contribution in [1.82, 2.24) is 0 Å². The smallest absolute Gasteiger partial charge is 0.143 e. The predicted molar refractivity (Wildman–Crippen MR) is 605 cm³/mol. The predicted octanol–water partition coefficient (Wildman–Crippen LogP) is 39.5.